The summed E-state index contributed by atoms with van der Waals surface area (Å²) in [5.41, 5.74) is 5.67. The van der Waals surface area contributed by atoms with Crippen molar-refractivity contribution in [1.29, 1.82) is 0 Å². The second kappa shape index (κ2) is 9.38. The lowest BCUT2D eigenvalue weighted by Crippen LogP contribution is -2.40. The highest BCUT2D eigenvalue weighted by Crippen LogP contribution is 2.25. The Bertz CT molecular complexity index is 639. The van der Waals surface area contributed by atoms with Gasteiger partial charge in [-0.05, 0) is 12.1 Å². The Hall–Kier alpha value is -0.940. The van der Waals surface area contributed by atoms with Gasteiger partial charge in [-0.25, -0.2) is 13.4 Å². The maximum atomic E-state index is 12.5. The molecule has 0 radical (unpaired) electrons. The van der Waals surface area contributed by atoms with E-state index in [-0.39, 0.29) is 17.0 Å². The van der Waals surface area contributed by atoms with E-state index in [1.54, 1.807) is 18.2 Å². The van der Waals surface area contributed by atoms with E-state index in [4.69, 9.17) is 10.5 Å². The van der Waals surface area contributed by atoms with Gasteiger partial charge in [-0.2, -0.15) is 4.31 Å². The molecule has 1 aliphatic heterocycles. The monoisotopic (exact) mass is 424 g/mol. The van der Waals surface area contributed by atoms with Crippen molar-refractivity contribution in [2.75, 3.05) is 32.8 Å². The van der Waals surface area contributed by atoms with Crippen molar-refractivity contribution in [2.24, 2.45) is 10.7 Å². The van der Waals surface area contributed by atoms with Gasteiger partial charge in [0, 0.05) is 24.5 Å². The van der Waals surface area contributed by atoms with Crippen LogP contribution in [-0.2, 0) is 21.3 Å². The van der Waals surface area contributed by atoms with Crippen molar-refractivity contribution < 1.29 is 13.2 Å². The van der Waals surface area contributed by atoms with Gasteiger partial charge in [-0.1, -0.05) is 6.08 Å². The van der Waals surface area contributed by atoms with Gasteiger partial charge in [-0.3, -0.25) is 0 Å². The molecule has 130 valence electrons. The molecule has 1 aliphatic rings. The number of halogens is 1. The van der Waals surface area contributed by atoms with E-state index in [1.807, 2.05) is 0 Å². The standard InChI is InChI=1S/C13H20N4O3S2.BrH/c1-2-5-15-13(14)16-10-11-3-4-12(21-11)22(18,19)17-6-8-20-9-7-17;/h2-4H,1,5-10H2,(H3,14,15,16);1H. The fourth-order valence-electron chi connectivity index (χ4n) is 1.89. The van der Waals surface area contributed by atoms with E-state index in [0.29, 0.717) is 49.6 Å². The molecule has 2 rings (SSSR count). The molecule has 0 bridgehead atoms. The number of hydrogen-bond acceptors (Lipinski definition) is 5. The zero-order valence-electron chi connectivity index (χ0n) is 12.6. The molecule has 1 aromatic heterocycles. The normalized spacial score (nSPS) is 16.6. The van der Waals surface area contributed by atoms with Crippen molar-refractivity contribution in [3.05, 3.63) is 29.7 Å². The number of morpholine rings is 1. The van der Waals surface area contributed by atoms with Crippen LogP contribution in [0.3, 0.4) is 0 Å². The van der Waals surface area contributed by atoms with Gasteiger partial charge in [0.25, 0.3) is 10.0 Å². The van der Waals surface area contributed by atoms with Crippen LogP contribution in [-0.4, -0.2) is 51.5 Å². The molecule has 1 aromatic rings. The zero-order valence-corrected chi connectivity index (χ0v) is 15.9. The molecular formula is C13H21BrN4O3S2. The Morgan fingerprint density at radius 1 is 1.48 bits per heavy atom. The number of aliphatic imine (C=N–C) groups is 1. The highest BCUT2D eigenvalue weighted by molar-refractivity contribution is 8.93. The van der Waals surface area contributed by atoms with E-state index in [0.717, 1.165) is 4.88 Å². The van der Waals surface area contributed by atoms with E-state index in [9.17, 15) is 8.42 Å². The summed E-state index contributed by atoms with van der Waals surface area (Å²) in [6, 6.07) is 3.38. The molecule has 0 atom stereocenters. The third-order valence-electron chi connectivity index (χ3n) is 3.03. The summed E-state index contributed by atoms with van der Waals surface area (Å²) in [5.74, 6) is 0.311. The van der Waals surface area contributed by atoms with Crippen LogP contribution in [0.1, 0.15) is 4.88 Å². The molecule has 1 fully saturated rings. The van der Waals surface area contributed by atoms with Crippen molar-refractivity contribution in [3.63, 3.8) is 0 Å². The number of rotatable bonds is 6. The largest absolute Gasteiger partial charge is 0.379 e. The quantitative estimate of drug-likeness (QED) is 0.402. The molecule has 3 N–H and O–H groups in total. The average molecular weight is 425 g/mol. The highest BCUT2D eigenvalue weighted by Gasteiger charge is 2.27. The fraction of sp³-hybridized carbons (Fsp3) is 0.462. The summed E-state index contributed by atoms with van der Waals surface area (Å²) < 4.78 is 31.9. The maximum Gasteiger partial charge on any atom is 0.252 e. The lowest BCUT2D eigenvalue weighted by Gasteiger charge is -2.25. The number of nitrogens with two attached hydrogens (primary N) is 1. The van der Waals surface area contributed by atoms with Gasteiger partial charge in [0.1, 0.15) is 4.21 Å². The topological polar surface area (TPSA) is 97.0 Å². The molecule has 2 heterocycles. The van der Waals surface area contributed by atoms with Crippen LogP contribution in [0.15, 0.2) is 34.0 Å². The molecule has 0 aromatic carbocycles. The van der Waals surface area contributed by atoms with Crippen molar-refractivity contribution in [2.45, 2.75) is 10.8 Å². The number of hydrogen-bond donors (Lipinski definition) is 2. The Morgan fingerprint density at radius 2 is 2.17 bits per heavy atom. The summed E-state index contributed by atoms with van der Waals surface area (Å²) in [6.45, 7) is 6.12. The van der Waals surface area contributed by atoms with E-state index < -0.39 is 10.0 Å². The number of guanidine groups is 1. The molecule has 10 heteroatoms. The summed E-state index contributed by atoms with van der Waals surface area (Å²) in [5, 5.41) is 2.87. The molecular weight excluding hydrogens is 404 g/mol. The van der Waals surface area contributed by atoms with Gasteiger partial charge in [0.15, 0.2) is 5.96 Å². The number of thiophene rings is 1. The molecule has 0 unspecified atom stereocenters. The molecule has 0 spiro atoms. The molecule has 23 heavy (non-hydrogen) atoms. The van der Waals surface area contributed by atoms with Crippen molar-refractivity contribution >= 4 is 44.3 Å². The third-order valence-corrected chi connectivity index (χ3v) is 6.47. The SMILES string of the molecule is Br.C=CCNC(N)=NCc1ccc(S(=O)(=O)N2CCOCC2)s1. The predicted octanol–water partition coefficient (Wildman–Crippen LogP) is 0.937. The van der Waals surface area contributed by atoms with Crippen LogP contribution < -0.4 is 11.1 Å². The van der Waals surface area contributed by atoms with E-state index >= 15 is 0 Å². The lowest BCUT2D eigenvalue weighted by atomic mass is 10.5. The number of sulfonamides is 1. The highest BCUT2D eigenvalue weighted by atomic mass is 79.9. The second-order valence-corrected chi connectivity index (χ2v) is 7.94. The van der Waals surface area contributed by atoms with Crippen LogP contribution in [0, 0.1) is 0 Å². The lowest BCUT2D eigenvalue weighted by molar-refractivity contribution is 0.0731. The molecule has 0 saturated carbocycles. The Kier molecular flexibility index (Phi) is 8.20. The molecule has 0 amide bonds. The summed E-state index contributed by atoms with van der Waals surface area (Å²) in [7, 11) is -3.43. The van der Waals surface area contributed by atoms with Crippen LogP contribution in [0.5, 0.6) is 0 Å². The van der Waals surface area contributed by atoms with Crippen LogP contribution in [0.4, 0.5) is 0 Å². The molecule has 0 aliphatic carbocycles. The van der Waals surface area contributed by atoms with E-state index in [1.165, 1.54) is 15.6 Å². The zero-order chi connectivity index (χ0) is 16.0. The summed E-state index contributed by atoms with van der Waals surface area (Å²) in [4.78, 5) is 5.00. The van der Waals surface area contributed by atoms with Gasteiger partial charge >= 0.3 is 0 Å². The number of nitrogens with one attached hydrogen (secondary N) is 1. The molecule has 1 saturated heterocycles. The second-order valence-electron chi connectivity index (χ2n) is 4.61. The molecule has 7 nitrogen and oxygen atoms in total. The summed E-state index contributed by atoms with van der Waals surface area (Å²) >= 11 is 1.22. The summed E-state index contributed by atoms with van der Waals surface area (Å²) in [6.07, 6.45) is 1.68. The average Bonchev–Trinajstić information content (AvgIpc) is 3.01. The van der Waals surface area contributed by atoms with E-state index in [2.05, 4.69) is 16.9 Å². The fourth-order valence-corrected chi connectivity index (χ4v) is 4.73. The van der Waals surface area contributed by atoms with Gasteiger partial charge in [0.2, 0.25) is 0 Å². The Morgan fingerprint density at radius 3 is 2.83 bits per heavy atom. The van der Waals surface area contributed by atoms with Crippen molar-refractivity contribution in [3.8, 4) is 0 Å². The minimum atomic E-state index is -3.43. The predicted molar refractivity (Wildman–Crippen MR) is 97.7 cm³/mol. The first-order chi connectivity index (χ1) is 10.5. The van der Waals surface area contributed by atoms with Gasteiger partial charge < -0.3 is 15.8 Å². The van der Waals surface area contributed by atoms with Crippen LogP contribution in [0.25, 0.3) is 0 Å². The maximum absolute atomic E-state index is 12.5. The first-order valence-electron chi connectivity index (χ1n) is 6.85. The first kappa shape index (κ1) is 20.1. The van der Waals surface area contributed by atoms with Crippen molar-refractivity contribution in [1.82, 2.24) is 9.62 Å². The first-order valence-corrected chi connectivity index (χ1v) is 9.11. The van der Waals surface area contributed by atoms with Gasteiger partial charge in [0.05, 0.1) is 19.8 Å². The Balaban J connectivity index is 0.00000264. The number of ether oxygens (including phenoxy) is 1. The van der Waals surface area contributed by atoms with Crippen LogP contribution >= 0.6 is 28.3 Å². The smallest absolute Gasteiger partial charge is 0.252 e. The van der Waals surface area contributed by atoms with Gasteiger partial charge in [-0.15, -0.1) is 34.9 Å². The minimum absolute atomic E-state index is 0. The van der Waals surface area contributed by atoms with Crippen LogP contribution in [0.2, 0.25) is 0 Å². The minimum Gasteiger partial charge on any atom is -0.379 e. The Labute approximate surface area is 151 Å². The third kappa shape index (κ3) is 5.57. The number of nitrogens with zero attached hydrogens (tertiary/aromatic N) is 2.